The fourth-order valence-corrected chi connectivity index (χ4v) is 2.46. The van der Waals surface area contributed by atoms with Crippen molar-refractivity contribution in [3.05, 3.63) is 35.0 Å². The van der Waals surface area contributed by atoms with Crippen molar-refractivity contribution in [1.29, 1.82) is 0 Å². The quantitative estimate of drug-likeness (QED) is 0.881. The van der Waals surface area contributed by atoms with Crippen LogP contribution in [-0.4, -0.2) is 24.6 Å². The van der Waals surface area contributed by atoms with E-state index in [4.69, 9.17) is 4.74 Å². The van der Waals surface area contributed by atoms with Crippen molar-refractivity contribution in [3.8, 4) is 0 Å². The summed E-state index contributed by atoms with van der Waals surface area (Å²) < 4.78 is 4.79. The van der Waals surface area contributed by atoms with Crippen LogP contribution in [0.15, 0.2) is 18.2 Å². The Morgan fingerprint density at radius 2 is 2.10 bits per heavy atom. The monoisotopic (exact) mass is 274 g/mol. The van der Waals surface area contributed by atoms with E-state index in [9.17, 15) is 4.79 Å². The molecule has 0 fully saturated rings. The molecule has 0 unspecified atom stereocenters. The van der Waals surface area contributed by atoms with Crippen LogP contribution >= 0.6 is 0 Å². The van der Waals surface area contributed by atoms with E-state index >= 15 is 0 Å². The minimum absolute atomic E-state index is 0.0941. The van der Waals surface area contributed by atoms with E-state index in [-0.39, 0.29) is 12.5 Å². The van der Waals surface area contributed by atoms with Gasteiger partial charge in [-0.3, -0.25) is 4.79 Å². The molecule has 20 heavy (non-hydrogen) atoms. The van der Waals surface area contributed by atoms with Gasteiger partial charge >= 0.3 is 0 Å². The van der Waals surface area contributed by atoms with Gasteiger partial charge < -0.3 is 15.0 Å². The average Bonchev–Trinajstić information content (AvgIpc) is 2.77. The van der Waals surface area contributed by atoms with Crippen molar-refractivity contribution >= 4 is 16.8 Å². The predicted molar refractivity (Wildman–Crippen MR) is 80.8 cm³/mol. The topological polar surface area (TPSA) is 54.1 Å². The Balaban J connectivity index is 2.19. The number of methoxy groups -OCH3 is 1. The predicted octanol–water partition coefficient (Wildman–Crippen LogP) is 2.86. The molecule has 1 aromatic heterocycles. The molecule has 2 aromatic rings. The highest BCUT2D eigenvalue weighted by Crippen LogP contribution is 2.25. The van der Waals surface area contributed by atoms with E-state index in [2.05, 4.69) is 49.3 Å². The van der Waals surface area contributed by atoms with E-state index in [1.807, 2.05) is 0 Å². The lowest BCUT2D eigenvalue weighted by molar-refractivity contribution is -0.124. The molecule has 0 aliphatic rings. The standard InChI is InChI=1S/C16H22N2O2/c1-10(2)14-7-15-12(5-11(14)3)6-13(18-15)8-17-16(19)9-20-4/h5-7,10,18H,8-9H2,1-4H3,(H,17,19). The fourth-order valence-electron chi connectivity index (χ4n) is 2.46. The van der Waals surface area contributed by atoms with Gasteiger partial charge in [-0.15, -0.1) is 0 Å². The van der Waals surface area contributed by atoms with Gasteiger partial charge in [0.1, 0.15) is 6.61 Å². The average molecular weight is 274 g/mol. The maximum absolute atomic E-state index is 11.4. The number of fused-ring (bicyclic) bond motifs is 1. The lowest BCUT2D eigenvalue weighted by Gasteiger charge is -2.09. The van der Waals surface area contributed by atoms with Crippen molar-refractivity contribution in [2.24, 2.45) is 0 Å². The molecule has 0 saturated heterocycles. The Kier molecular flexibility index (Phi) is 4.45. The van der Waals surface area contributed by atoms with Crippen molar-refractivity contribution in [2.75, 3.05) is 13.7 Å². The van der Waals surface area contributed by atoms with Crippen molar-refractivity contribution in [1.82, 2.24) is 10.3 Å². The zero-order chi connectivity index (χ0) is 14.7. The molecule has 1 aromatic carbocycles. The zero-order valence-corrected chi connectivity index (χ0v) is 12.5. The molecule has 2 rings (SSSR count). The van der Waals surface area contributed by atoms with E-state index in [0.717, 1.165) is 11.2 Å². The summed E-state index contributed by atoms with van der Waals surface area (Å²) in [7, 11) is 1.51. The lowest BCUT2D eigenvalue weighted by Crippen LogP contribution is -2.26. The van der Waals surface area contributed by atoms with E-state index in [1.165, 1.54) is 23.6 Å². The summed E-state index contributed by atoms with van der Waals surface area (Å²) in [5, 5.41) is 4.00. The summed E-state index contributed by atoms with van der Waals surface area (Å²) >= 11 is 0. The largest absolute Gasteiger partial charge is 0.375 e. The Morgan fingerprint density at radius 1 is 1.35 bits per heavy atom. The van der Waals surface area contributed by atoms with E-state index in [1.54, 1.807) is 0 Å². The molecule has 0 spiro atoms. The van der Waals surface area contributed by atoms with Gasteiger partial charge in [0.15, 0.2) is 0 Å². The highest BCUT2D eigenvalue weighted by Gasteiger charge is 2.08. The Morgan fingerprint density at radius 3 is 2.75 bits per heavy atom. The lowest BCUT2D eigenvalue weighted by atomic mass is 9.97. The maximum Gasteiger partial charge on any atom is 0.246 e. The van der Waals surface area contributed by atoms with Crippen LogP contribution < -0.4 is 5.32 Å². The molecule has 4 heteroatoms. The van der Waals surface area contributed by atoms with Gasteiger partial charge in [0, 0.05) is 18.3 Å². The Bertz CT molecular complexity index is 614. The van der Waals surface area contributed by atoms with Crippen LogP contribution in [0.1, 0.15) is 36.6 Å². The number of benzene rings is 1. The third-order valence-corrected chi connectivity index (χ3v) is 3.44. The number of nitrogens with one attached hydrogen (secondary N) is 2. The molecular formula is C16H22N2O2. The number of amides is 1. The van der Waals surface area contributed by atoms with Gasteiger partial charge in [0.25, 0.3) is 0 Å². The van der Waals surface area contributed by atoms with Crippen molar-refractivity contribution < 1.29 is 9.53 Å². The number of ether oxygens (including phenoxy) is 1. The summed E-state index contributed by atoms with van der Waals surface area (Å²) in [5.41, 5.74) is 4.79. The molecule has 0 radical (unpaired) electrons. The van der Waals surface area contributed by atoms with Crippen LogP contribution in [-0.2, 0) is 16.1 Å². The summed E-state index contributed by atoms with van der Waals surface area (Å²) in [6.07, 6.45) is 0. The SMILES string of the molecule is COCC(=O)NCc1cc2cc(C)c(C(C)C)cc2[nH]1. The first kappa shape index (κ1) is 14.6. The van der Waals surface area contributed by atoms with Crippen LogP contribution in [0.4, 0.5) is 0 Å². The highest BCUT2D eigenvalue weighted by molar-refractivity contribution is 5.82. The van der Waals surface area contributed by atoms with Crippen molar-refractivity contribution in [3.63, 3.8) is 0 Å². The molecule has 0 aliphatic heterocycles. The minimum Gasteiger partial charge on any atom is -0.375 e. The summed E-state index contributed by atoms with van der Waals surface area (Å²) in [6.45, 7) is 7.12. The van der Waals surface area contributed by atoms with Crippen LogP contribution in [0.2, 0.25) is 0 Å². The number of carbonyl (C=O) groups is 1. The summed E-state index contributed by atoms with van der Waals surface area (Å²) in [4.78, 5) is 14.7. The fraction of sp³-hybridized carbons (Fsp3) is 0.438. The molecule has 1 heterocycles. The molecule has 4 nitrogen and oxygen atoms in total. The summed E-state index contributed by atoms with van der Waals surface area (Å²) in [5.74, 6) is 0.401. The second-order valence-corrected chi connectivity index (χ2v) is 5.46. The smallest absolute Gasteiger partial charge is 0.246 e. The normalized spacial score (nSPS) is 11.2. The number of aromatic nitrogens is 1. The van der Waals surface area contributed by atoms with Gasteiger partial charge in [-0.25, -0.2) is 0 Å². The molecule has 108 valence electrons. The first-order valence-electron chi connectivity index (χ1n) is 6.89. The second kappa shape index (κ2) is 6.09. The van der Waals surface area contributed by atoms with Gasteiger partial charge in [-0.1, -0.05) is 13.8 Å². The maximum atomic E-state index is 11.4. The highest BCUT2D eigenvalue weighted by atomic mass is 16.5. The molecule has 0 atom stereocenters. The number of hydrogen-bond donors (Lipinski definition) is 2. The van der Waals surface area contributed by atoms with Gasteiger partial charge in [0.2, 0.25) is 5.91 Å². The zero-order valence-electron chi connectivity index (χ0n) is 12.5. The van der Waals surface area contributed by atoms with E-state index in [0.29, 0.717) is 12.5 Å². The third kappa shape index (κ3) is 3.20. The first-order valence-corrected chi connectivity index (χ1v) is 6.89. The molecule has 1 amide bonds. The van der Waals surface area contributed by atoms with Gasteiger partial charge in [0.05, 0.1) is 6.54 Å². The van der Waals surface area contributed by atoms with Crippen LogP contribution in [0.5, 0.6) is 0 Å². The van der Waals surface area contributed by atoms with Gasteiger partial charge in [-0.2, -0.15) is 0 Å². The van der Waals surface area contributed by atoms with Crippen LogP contribution in [0.25, 0.3) is 10.9 Å². The number of carbonyl (C=O) groups excluding carboxylic acids is 1. The van der Waals surface area contributed by atoms with Crippen LogP contribution in [0, 0.1) is 6.92 Å². The minimum atomic E-state index is -0.106. The number of rotatable bonds is 5. The molecule has 0 aliphatic carbocycles. The first-order chi connectivity index (χ1) is 9.51. The third-order valence-electron chi connectivity index (χ3n) is 3.44. The molecular weight excluding hydrogens is 252 g/mol. The number of aromatic amines is 1. The van der Waals surface area contributed by atoms with Crippen LogP contribution in [0.3, 0.4) is 0 Å². The van der Waals surface area contributed by atoms with Gasteiger partial charge in [-0.05, 0) is 47.6 Å². The molecule has 0 bridgehead atoms. The summed E-state index contributed by atoms with van der Waals surface area (Å²) in [6, 6.07) is 6.48. The number of aryl methyl sites for hydroxylation is 1. The Hall–Kier alpha value is -1.81. The number of H-pyrrole nitrogens is 1. The van der Waals surface area contributed by atoms with Crippen molar-refractivity contribution in [2.45, 2.75) is 33.2 Å². The number of hydrogen-bond acceptors (Lipinski definition) is 2. The second-order valence-electron chi connectivity index (χ2n) is 5.46. The van der Waals surface area contributed by atoms with E-state index < -0.39 is 0 Å². The molecule has 0 saturated carbocycles. The molecule has 2 N–H and O–H groups in total. The Labute approximate surface area is 119 Å².